The monoisotopic (exact) mass is 393 g/mol. The predicted octanol–water partition coefficient (Wildman–Crippen LogP) is 3.84. The van der Waals surface area contributed by atoms with E-state index in [1.54, 1.807) is 38.6 Å². The molecule has 6 nitrogen and oxygen atoms in total. The average molecular weight is 394 g/mol. The average Bonchev–Trinajstić information content (AvgIpc) is 2.94. The second-order valence-electron chi connectivity index (χ2n) is 6.79. The number of carbonyl (C=O) groups is 1. The van der Waals surface area contributed by atoms with E-state index in [1.165, 1.54) is 4.90 Å². The molecule has 7 heteroatoms. The minimum atomic E-state index is -0.0874. The van der Waals surface area contributed by atoms with Crippen LogP contribution in [-0.2, 0) is 6.54 Å². The molecule has 0 saturated heterocycles. The Balaban J connectivity index is 1.95. The van der Waals surface area contributed by atoms with Gasteiger partial charge in [0.05, 0.1) is 28.4 Å². The van der Waals surface area contributed by atoms with Gasteiger partial charge in [0.25, 0.3) is 5.91 Å². The summed E-state index contributed by atoms with van der Waals surface area (Å²) < 4.78 is 1.89. The molecule has 0 bridgehead atoms. The summed E-state index contributed by atoms with van der Waals surface area (Å²) in [4.78, 5) is 17.9. The number of rotatable bonds is 4. The SMILES string of the molecule is Cc1nn(Cc2cncc(C(=O)N(C)C)c2)c(C)c1-c1ccc(C#N)c(Cl)c1. The molecule has 0 spiro atoms. The third-order valence-corrected chi connectivity index (χ3v) is 4.85. The third-order valence-electron chi connectivity index (χ3n) is 4.54. The van der Waals surface area contributed by atoms with E-state index in [4.69, 9.17) is 16.9 Å². The van der Waals surface area contributed by atoms with Gasteiger partial charge in [-0.1, -0.05) is 17.7 Å². The van der Waals surface area contributed by atoms with Crippen LogP contribution in [0.4, 0.5) is 0 Å². The molecule has 3 rings (SSSR count). The molecule has 0 aliphatic heterocycles. The summed E-state index contributed by atoms with van der Waals surface area (Å²) in [7, 11) is 3.43. The van der Waals surface area contributed by atoms with Crippen LogP contribution < -0.4 is 0 Å². The normalized spacial score (nSPS) is 10.6. The Morgan fingerprint density at radius 1 is 1.25 bits per heavy atom. The molecule has 0 radical (unpaired) electrons. The lowest BCUT2D eigenvalue weighted by molar-refractivity contribution is 0.0827. The molecule has 0 unspecified atom stereocenters. The third kappa shape index (κ3) is 3.75. The number of nitriles is 1. The summed E-state index contributed by atoms with van der Waals surface area (Å²) >= 11 is 6.20. The smallest absolute Gasteiger partial charge is 0.254 e. The Kier molecular flexibility index (Phi) is 5.48. The first-order valence-electron chi connectivity index (χ1n) is 8.71. The van der Waals surface area contributed by atoms with Crippen molar-refractivity contribution in [3.8, 4) is 17.2 Å². The summed E-state index contributed by atoms with van der Waals surface area (Å²) in [6.45, 7) is 4.43. The number of aryl methyl sites for hydroxylation is 1. The van der Waals surface area contributed by atoms with Gasteiger partial charge in [-0.3, -0.25) is 14.5 Å². The van der Waals surface area contributed by atoms with E-state index in [0.29, 0.717) is 22.7 Å². The van der Waals surface area contributed by atoms with E-state index in [1.807, 2.05) is 30.7 Å². The Bertz CT molecular complexity index is 1090. The van der Waals surface area contributed by atoms with Crippen molar-refractivity contribution in [3.63, 3.8) is 0 Å². The lowest BCUT2D eigenvalue weighted by Crippen LogP contribution is -2.22. The number of hydrogen-bond acceptors (Lipinski definition) is 4. The summed E-state index contributed by atoms with van der Waals surface area (Å²) in [5, 5.41) is 14.1. The van der Waals surface area contributed by atoms with Gasteiger partial charge in [0, 0.05) is 37.7 Å². The second kappa shape index (κ2) is 7.83. The molecule has 0 atom stereocenters. The van der Waals surface area contributed by atoms with E-state index in [0.717, 1.165) is 28.1 Å². The van der Waals surface area contributed by atoms with Crippen LogP contribution in [0.5, 0.6) is 0 Å². The number of nitrogens with zero attached hydrogens (tertiary/aromatic N) is 5. The number of amides is 1. The second-order valence-corrected chi connectivity index (χ2v) is 7.20. The van der Waals surface area contributed by atoms with Crippen LogP contribution in [0, 0.1) is 25.2 Å². The molecule has 2 aromatic heterocycles. The number of pyridine rings is 1. The molecule has 0 aliphatic carbocycles. The maximum Gasteiger partial charge on any atom is 0.254 e. The molecule has 0 aliphatic rings. The van der Waals surface area contributed by atoms with Crippen LogP contribution in [0.15, 0.2) is 36.7 Å². The van der Waals surface area contributed by atoms with Gasteiger partial charge in [-0.2, -0.15) is 10.4 Å². The highest BCUT2D eigenvalue weighted by Gasteiger charge is 2.16. The molecule has 28 heavy (non-hydrogen) atoms. The van der Waals surface area contributed by atoms with Crippen molar-refractivity contribution in [2.75, 3.05) is 14.1 Å². The summed E-state index contributed by atoms with van der Waals surface area (Å²) in [6, 6.07) is 9.30. The zero-order valence-corrected chi connectivity index (χ0v) is 16.9. The highest BCUT2D eigenvalue weighted by Crippen LogP contribution is 2.30. The minimum Gasteiger partial charge on any atom is -0.345 e. The number of hydrogen-bond donors (Lipinski definition) is 0. The Morgan fingerprint density at radius 2 is 2.00 bits per heavy atom. The first-order valence-corrected chi connectivity index (χ1v) is 9.09. The molecule has 0 N–H and O–H groups in total. The highest BCUT2D eigenvalue weighted by atomic mass is 35.5. The van der Waals surface area contributed by atoms with Crippen LogP contribution in [-0.4, -0.2) is 39.7 Å². The van der Waals surface area contributed by atoms with E-state index >= 15 is 0 Å². The van der Waals surface area contributed by atoms with Crippen molar-refractivity contribution in [1.29, 1.82) is 5.26 Å². The van der Waals surface area contributed by atoms with E-state index in [9.17, 15) is 4.79 Å². The van der Waals surface area contributed by atoms with Crippen molar-refractivity contribution in [3.05, 3.63) is 69.8 Å². The van der Waals surface area contributed by atoms with Crippen LogP contribution in [0.25, 0.3) is 11.1 Å². The Morgan fingerprint density at radius 3 is 2.64 bits per heavy atom. The number of aromatic nitrogens is 3. The van der Waals surface area contributed by atoms with E-state index in [-0.39, 0.29) is 5.91 Å². The molecular weight excluding hydrogens is 374 g/mol. The van der Waals surface area contributed by atoms with Gasteiger partial charge in [-0.15, -0.1) is 0 Å². The highest BCUT2D eigenvalue weighted by molar-refractivity contribution is 6.32. The first kappa shape index (κ1) is 19.6. The van der Waals surface area contributed by atoms with Crippen LogP contribution in [0.1, 0.15) is 32.9 Å². The van der Waals surface area contributed by atoms with Gasteiger partial charge >= 0.3 is 0 Å². The number of benzene rings is 1. The van der Waals surface area contributed by atoms with Gasteiger partial charge in [-0.05, 0) is 43.2 Å². The van der Waals surface area contributed by atoms with E-state index in [2.05, 4.69) is 16.2 Å². The standard InChI is InChI=1S/C21H20ClN5O/c1-13-20(16-5-6-17(9-23)19(22)8-16)14(2)27(25-13)12-15-7-18(11-24-10-15)21(28)26(3)4/h5-8,10-11H,12H2,1-4H3. The largest absolute Gasteiger partial charge is 0.345 e. The fraction of sp³-hybridized carbons (Fsp3) is 0.238. The molecule has 2 heterocycles. The van der Waals surface area contributed by atoms with Gasteiger partial charge in [-0.25, -0.2) is 0 Å². The zero-order chi connectivity index (χ0) is 20.4. The number of carbonyl (C=O) groups excluding carboxylic acids is 1. The topological polar surface area (TPSA) is 74.8 Å². The quantitative estimate of drug-likeness (QED) is 0.675. The molecule has 142 valence electrons. The fourth-order valence-electron chi connectivity index (χ4n) is 3.15. The molecule has 0 fully saturated rings. The molecule has 1 amide bonds. The van der Waals surface area contributed by atoms with Gasteiger partial charge in [0.1, 0.15) is 6.07 Å². The lowest BCUT2D eigenvalue weighted by Gasteiger charge is -2.11. The molecule has 3 aromatic rings. The Labute approximate surface area is 169 Å². The fourth-order valence-corrected chi connectivity index (χ4v) is 3.37. The van der Waals surface area contributed by atoms with Gasteiger partial charge in [0.15, 0.2) is 0 Å². The maximum atomic E-state index is 12.2. The lowest BCUT2D eigenvalue weighted by atomic mass is 10.0. The predicted molar refractivity (Wildman–Crippen MR) is 108 cm³/mol. The maximum absolute atomic E-state index is 12.2. The van der Waals surface area contributed by atoms with Gasteiger partial charge < -0.3 is 4.90 Å². The first-order chi connectivity index (χ1) is 13.3. The van der Waals surface area contributed by atoms with Crippen LogP contribution >= 0.6 is 11.6 Å². The molecule has 0 saturated carbocycles. The van der Waals surface area contributed by atoms with Crippen molar-refractivity contribution >= 4 is 17.5 Å². The van der Waals surface area contributed by atoms with Crippen molar-refractivity contribution < 1.29 is 4.79 Å². The van der Waals surface area contributed by atoms with Gasteiger partial charge in [0.2, 0.25) is 0 Å². The van der Waals surface area contributed by atoms with Crippen molar-refractivity contribution in [2.24, 2.45) is 0 Å². The van der Waals surface area contributed by atoms with Crippen LogP contribution in [0.2, 0.25) is 5.02 Å². The van der Waals surface area contributed by atoms with Crippen molar-refractivity contribution in [1.82, 2.24) is 19.7 Å². The summed E-state index contributed by atoms with van der Waals surface area (Å²) in [5.74, 6) is -0.0874. The number of halogens is 1. The molecule has 1 aromatic carbocycles. The summed E-state index contributed by atoms with van der Waals surface area (Å²) in [6.07, 6.45) is 3.30. The van der Waals surface area contributed by atoms with E-state index < -0.39 is 0 Å². The minimum absolute atomic E-state index is 0.0874. The zero-order valence-electron chi connectivity index (χ0n) is 16.2. The van der Waals surface area contributed by atoms with Crippen LogP contribution in [0.3, 0.4) is 0 Å². The summed E-state index contributed by atoms with van der Waals surface area (Å²) in [5.41, 5.74) is 5.63. The van der Waals surface area contributed by atoms with Crippen molar-refractivity contribution in [2.45, 2.75) is 20.4 Å². The Hall–Kier alpha value is -3.17. The molecular formula is C21H20ClN5O.